The van der Waals surface area contributed by atoms with Crippen molar-refractivity contribution in [1.82, 2.24) is 10.6 Å². The minimum absolute atomic E-state index is 0.0372. The molecule has 8 heteroatoms. The van der Waals surface area contributed by atoms with Crippen LogP contribution in [0.3, 0.4) is 0 Å². The van der Waals surface area contributed by atoms with E-state index in [1.54, 1.807) is 0 Å². The van der Waals surface area contributed by atoms with Gasteiger partial charge in [0.1, 0.15) is 12.6 Å². The standard InChI is InChI=1S/C35H50N2O6/c1-22(31(39)36-19-7-10-30(32(40)41)37-33(42)43-21-23-8-5-4-6-9-23)27-13-14-28-26-12-11-24-20-25(38)15-17-34(24,2)29(26)16-18-35(27,28)3/h4-6,8-9,11,22,25-30,38H,7,10,12-21H2,1-3H3,(H,36,39)(H,37,42)(H,40,41)/t22-,25-,26?,27+,28-,29-,30-,34-,35+/m0/s1. The predicted octanol–water partition coefficient (Wildman–Crippen LogP) is 5.84. The van der Waals surface area contributed by atoms with Crippen molar-refractivity contribution in [3.8, 4) is 0 Å². The number of aliphatic hydroxyl groups is 1. The molecule has 8 nitrogen and oxygen atoms in total. The van der Waals surface area contributed by atoms with Crippen LogP contribution in [0.5, 0.6) is 0 Å². The minimum Gasteiger partial charge on any atom is -0.480 e. The minimum atomic E-state index is -1.13. The number of nitrogens with one attached hydrogen (secondary N) is 2. The number of hydrogen-bond donors (Lipinski definition) is 4. The summed E-state index contributed by atoms with van der Waals surface area (Å²) in [5.41, 5.74) is 2.67. The number of ether oxygens (including phenoxy) is 1. The van der Waals surface area contributed by atoms with E-state index in [-0.39, 0.29) is 41.8 Å². The first-order valence-electron chi connectivity index (χ1n) is 16.4. The molecule has 1 aromatic carbocycles. The van der Waals surface area contributed by atoms with Crippen molar-refractivity contribution >= 4 is 18.0 Å². The molecule has 4 aliphatic rings. The summed E-state index contributed by atoms with van der Waals surface area (Å²) in [7, 11) is 0. The molecule has 2 amide bonds. The van der Waals surface area contributed by atoms with Gasteiger partial charge in [-0.1, -0.05) is 62.8 Å². The van der Waals surface area contributed by atoms with Gasteiger partial charge in [-0.2, -0.15) is 0 Å². The van der Waals surface area contributed by atoms with E-state index in [2.05, 4.69) is 37.5 Å². The topological polar surface area (TPSA) is 125 Å². The van der Waals surface area contributed by atoms with Gasteiger partial charge in [0, 0.05) is 12.5 Å². The highest BCUT2D eigenvalue weighted by Crippen LogP contribution is 2.67. The first-order chi connectivity index (χ1) is 20.5. The van der Waals surface area contributed by atoms with Crippen LogP contribution in [0.1, 0.15) is 90.5 Å². The number of rotatable bonds is 10. The van der Waals surface area contributed by atoms with Crippen LogP contribution in [0.15, 0.2) is 42.0 Å². The molecule has 0 aromatic heterocycles. The number of hydrogen-bond acceptors (Lipinski definition) is 5. The van der Waals surface area contributed by atoms with Crippen molar-refractivity contribution in [3.05, 3.63) is 47.5 Å². The zero-order valence-corrected chi connectivity index (χ0v) is 26.0. The summed E-state index contributed by atoms with van der Waals surface area (Å²) in [5, 5.41) is 25.4. The van der Waals surface area contributed by atoms with Crippen LogP contribution in [0, 0.1) is 40.4 Å². The lowest BCUT2D eigenvalue weighted by Crippen LogP contribution is -2.51. The molecule has 3 fully saturated rings. The summed E-state index contributed by atoms with van der Waals surface area (Å²) in [6, 6.07) is 8.13. The van der Waals surface area contributed by atoms with Gasteiger partial charge in [0.2, 0.25) is 5.91 Å². The fourth-order valence-corrected chi connectivity index (χ4v) is 9.53. The Hall–Kier alpha value is -2.87. The van der Waals surface area contributed by atoms with E-state index in [1.165, 1.54) is 18.4 Å². The van der Waals surface area contributed by atoms with E-state index < -0.39 is 18.1 Å². The Balaban J connectivity index is 1.10. The number of aliphatic carboxylic acids is 1. The maximum atomic E-state index is 13.3. The first kappa shape index (κ1) is 31.6. The molecule has 4 aliphatic carbocycles. The zero-order chi connectivity index (χ0) is 30.8. The van der Waals surface area contributed by atoms with Crippen LogP contribution < -0.4 is 10.6 Å². The molecule has 43 heavy (non-hydrogen) atoms. The number of carboxylic acid groups (broad SMARTS) is 1. The SMILES string of the molecule is C[C@H](C(=O)NCCC[C@H](NC(=O)OCc1ccccc1)C(=O)O)[C@H]1CC[C@H]2C3CC=C4C[C@@H](O)CC[C@]4(C)[C@H]3CC[C@]12C. The number of benzene rings is 1. The first-order valence-corrected chi connectivity index (χ1v) is 16.4. The predicted molar refractivity (Wildman–Crippen MR) is 164 cm³/mol. The van der Waals surface area contributed by atoms with Gasteiger partial charge in [-0.25, -0.2) is 9.59 Å². The van der Waals surface area contributed by atoms with Crippen LogP contribution in [-0.4, -0.2) is 46.9 Å². The Morgan fingerprint density at radius 3 is 2.56 bits per heavy atom. The van der Waals surface area contributed by atoms with E-state index in [4.69, 9.17) is 4.74 Å². The van der Waals surface area contributed by atoms with Gasteiger partial charge in [0.25, 0.3) is 0 Å². The number of amides is 2. The second-order valence-electron chi connectivity index (χ2n) is 14.2. The summed E-state index contributed by atoms with van der Waals surface area (Å²) in [6.45, 7) is 7.37. The molecule has 4 N–H and O–H groups in total. The Kier molecular flexibility index (Phi) is 9.55. The quantitative estimate of drug-likeness (QED) is 0.199. The highest BCUT2D eigenvalue weighted by molar-refractivity contribution is 5.80. The number of aliphatic hydroxyl groups excluding tert-OH is 1. The van der Waals surface area contributed by atoms with Gasteiger partial charge in [0.15, 0.2) is 0 Å². The fraction of sp³-hybridized carbons (Fsp3) is 0.686. The fourth-order valence-electron chi connectivity index (χ4n) is 9.53. The van der Waals surface area contributed by atoms with Gasteiger partial charge in [-0.3, -0.25) is 4.79 Å². The van der Waals surface area contributed by atoms with E-state index in [0.717, 1.165) is 44.1 Å². The molecule has 0 aliphatic heterocycles. The summed E-state index contributed by atoms with van der Waals surface area (Å²) in [4.78, 5) is 37.2. The Morgan fingerprint density at radius 1 is 1.05 bits per heavy atom. The van der Waals surface area contributed by atoms with Crippen molar-refractivity contribution in [2.45, 2.75) is 104 Å². The Bertz CT molecular complexity index is 1200. The van der Waals surface area contributed by atoms with Gasteiger partial charge in [-0.15, -0.1) is 0 Å². The van der Waals surface area contributed by atoms with Crippen molar-refractivity contribution in [1.29, 1.82) is 0 Å². The Labute approximate surface area is 256 Å². The van der Waals surface area contributed by atoms with E-state index >= 15 is 0 Å². The monoisotopic (exact) mass is 594 g/mol. The lowest BCUT2D eigenvalue weighted by molar-refractivity contribution is -0.139. The van der Waals surface area contributed by atoms with Crippen molar-refractivity contribution in [2.24, 2.45) is 40.4 Å². The normalized spacial score (nSPS) is 34.4. The molecular formula is C35H50N2O6. The van der Waals surface area contributed by atoms with E-state index in [9.17, 15) is 24.6 Å². The molecule has 0 spiro atoms. The van der Waals surface area contributed by atoms with Crippen LogP contribution in [0.2, 0.25) is 0 Å². The maximum Gasteiger partial charge on any atom is 0.408 e. The van der Waals surface area contributed by atoms with Gasteiger partial charge < -0.3 is 25.6 Å². The molecule has 0 heterocycles. The average molecular weight is 595 g/mol. The molecule has 0 radical (unpaired) electrons. The van der Waals surface area contributed by atoms with Gasteiger partial charge >= 0.3 is 12.1 Å². The molecule has 1 unspecified atom stereocenters. The lowest BCUT2D eigenvalue weighted by atomic mass is 9.47. The van der Waals surface area contributed by atoms with Crippen molar-refractivity contribution in [3.63, 3.8) is 0 Å². The molecule has 9 atom stereocenters. The average Bonchev–Trinajstić information content (AvgIpc) is 3.35. The summed E-state index contributed by atoms with van der Waals surface area (Å²) in [6.07, 6.45) is 10.7. The molecule has 0 bridgehead atoms. The maximum absolute atomic E-state index is 13.3. The highest BCUT2D eigenvalue weighted by atomic mass is 16.5. The van der Waals surface area contributed by atoms with Gasteiger partial charge in [-0.05, 0) is 104 Å². The Morgan fingerprint density at radius 2 is 1.81 bits per heavy atom. The number of fused-ring (bicyclic) bond motifs is 5. The van der Waals surface area contributed by atoms with Crippen LogP contribution in [0.4, 0.5) is 4.79 Å². The van der Waals surface area contributed by atoms with E-state index in [0.29, 0.717) is 36.6 Å². The second kappa shape index (κ2) is 13.0. The third-order valence-electron chi connectivity index (χ3n) is 11.9. The zero-order valence-electron chi connectivity index (χ0n) is 26.0. The largest absolute Gasteiger partial charge is 0.480 e. The highest BCUT2D eigenvalue weighted by Gasteiger charge is 2.59. The number of carbonyl (C=O) groups is 3. The molecule has 5 rings (SSSR count). The summed E-state index contributed by atoms with van der Waals surface area (Å²) >= 11 is 0. The number of alkyl carbamates (subject to hydrolysis) is 1. The number of carbonyl (C=O) groups excluding carboxylic acids is 2. The third kappa shape index (κ3) is 6.50. The smallest absolute Gasteiger partial charge is 0.408 e. The molecule has 0 saturated heterocycles. The number of carboxylic acids is 1. The van der Waals surface area contributed by atoms with Crippen LogP contribution >= 0.6 is 0 Å². The molecule has 3 saturated carbocycles. The lowest BCUT2D eigenvalue weighted by Gasteiger charge is -2.58. The molecular weight excluding hydrogens is 544 g/mol. The second-order valence-corrected chi connectivity index (χ2v) is 14.2. The van der Waals surface area contributed by atoms with Gasteiger partial charge in [0.05, 0.1) is 6.10 Å². The van der Waals surface area contributed by atoms with Crippen molar-refractivity contribution < 1.29 is 29.3 Å². The van der Waals surface area contributed by atoms with E-state index in [1.807, 2.05) is 30.3 Å². The number of allylic oxidation sites excluding steroid dienone is 1. The molecule has 1 aromatic rings. The van der Waals surface area contributed by atoms with Crippen molar-refractivity contribution in [2.75, 3.05) is 6.54 Å². The van der Waals surface area contributed by atoms with Crippen LogP contribution in [0.25, 0.3) is 0 Å². The summed E-state index contributed by atoms with van der Waals surface area (Å²) in [5.74, 6) is 1.09. The van der Waals surface area contributed by atoms with Crippen LogP contribution in [-0.2, 0) is 20.9 Å². The molecule has 236 valence electrons. The summed E-state index contributed by atoms with van der Waals surface area (Å²) < 4.78 is 5.17. The third-order valence-corrected chi connectivity index (χ3v) is 11.9.